The van der Waals surface area contributed by atoms with Crippen LogP contribution in [0.3, 0.4) is 0 Å². The van der Waals surface area contributed by atoms with E-state index in [0.29, 0.717) is 0 Å². The topological polar surface area (TPSA) is 0 Å². The molecule has 0 atom stereocenters. The van der Waals surface area contributed by atoms with Crippen LogP contribution in [0.1, 0.15) is 59.3 Å². The maximum atomic E-state index is 4.06. The second-order valence-corrected chi connectivity index (χ2v) is 4.42. The van der Waals surface area contributed by atoms with Gasteiger partial charge in [0.05, 0.1) is 0 Å². The summed E-state index contributed by atoms with van der Waals surface area (Å²) in [5, 5.41) is 0. The van der Waals surface area contributed by atoms with Gasteiger partial charge in [0, 0.05) is 0 Å². The van der Waals surface area contributed by atoms with Gasteiger partial charge in [-0.25, -0.2) is 0 Å². The molecule has 0 aliphatic carbocycles. The smallest absolute Gasteiger partial charge is 0.0138 e. The molecule has 0 aromatic heterocycles. The molecule has 0 aliphatic heterocycles. The largest absolute Gasteiger partial charge is 0.0995 e. The second kappa shape index (κ2) is 11.4. The molecule has 0 aromatic rings. The maximum Gasteiger partial charge on any atom is -0.0138 e. The summed E-state index contributed by atoms with van der Waals surface area (Å²) in [6.07, 6.45) is 17.9. The van der Waals surface area contributed by atoms with Gasteiger partial charge in [-0.05, 0) is 31.3 Å². The molecule has 0 unspecified atom stereocenters. The first-order valence-corrected chi connectivity index (χ1v) is 6.93. The Balaban J connectivity index is 4.08. The molecule has 0 aliphatic rings. The van der Waals surface area contributed by atoms with Crippen LogP contribution in [0.5, 0.6) is 0 Å². The van der Waals surface area contributed by atoms with Crippen molar-refractivity contribution in [3.63, 3.8) is 0 Å². The molecule has 0 aromatic carbocycles. The SMILES string of the molecule is C=C(CC=CC=C(C=CCCC)CC)CCC. The third-order valence-corrected chi connectivity index (χ3v) is 2.65. The molecule has 0 radical (unpaired) electrons. The van der Waals surface area contributed by atoms with E-state index in [1.807, 2.05) is 0 Å². The molecular formula is C17H28. The van der Waals surface area contributed by atoms with Crippen LogP contribution in [0.15, 0.2) is 48.1 Å². The third-order valence-electron chi connectivity index (χ3n) is 2.65. The molecule has 0 spiro atoms. The molecule has 0 heteroatoms. The summed E-state index contributed by atoms with van der Waals surface area (Å²) in [6, 6.07) is 0. The van der Waals surface area contributed by atoms with Crippen molar-refractivity contribution in [2.45, 2.75) is 59.3 Å². The van der Waals surface area contributed by atoms with E-state index < -0.39 is 0 Å². The van der Waals surface area contributed by atoms with E-state index >= 15 is 0 Å². The van der Waals surface area contributed by atoms with Gasteiger partial charge >= 0.3 is 0 Å². The zero-order valence-electron chi connectivity index (χ0n) is 11.8. The van der Waals surface area contributed by atoms with Gasteiger partial charge in [-0.1, -0.05) is 76.1 Å². The van der Waals surface area contributed by atoms with Crippen molar-refractivity contribution in [3.8, 4) is 0 Å². The van der Waals surface area contributed by atoms with Gasteiger partial charge in [-0.3, -0.25) is 0 Å². The number of hydrogen-bond donors (Lipinski definition) is 0. The van der Waals surface area contributed by atoms with Gasteiger partial charge in [-0.2, -0.15) is 0 Å². The molecular weight excluding hydrogens is 204 g/mol. The van der Waals surface area contributed by atoms with Crippen LogP contribution in [0.2, 0.25) is 0 Å². The van der Waals surface area contributed by atoms with Gasteiger partial charge in [-0.15, -0.1) is 0 Å². The van der Waals surface area contributed by atoms with Crippen LogP contribution in [-0.2, 0) is 0 Å². The normalized spacial score (nSPS) is 12.8. The second-order valence-electron chi connectivity index (χ2n) is 4.42. The van der Waals surface area contributed by atoms with E-state index in [4.69, 9.17) is 0 Å². The summed E-state index contributed by atoms with van der Waals surface area (Å²) in [7, 11) is 0. The minimum Gasteiger partial charge on any atom is -0.0995 e. The highest BCUT2D eigenvalue weighted by Gasteiger charge is 1.88. The average Bonchev–Trinajstić information content (AvgIpc) is 2.32. The highest BCUT2D eigenvalue weighted by Crippen LogP contribution is 2.08. The van der Waals surface area contributed by atoms with Gasteiger partial charge in [0.15, 0.2) is 0 Å². The zero-order chi connectivity index (χ0) is 12.9. The van der Waals surface area contributed by atoms with E-state index in [2.05, 4.69) is 57.7 Å². The first-order chi connectivity index (χ1) is 8.24. The van der Waals surface area contributed by atoms with E-state index in [-0.39, 0.29) is 0 Å². The molecule has 17 heavy (non-hydrogen) atoms. The molecule has 0 nitrogen and oxygen atoms in total. The maximum absolute atomic E-state index is 4.06. The fraction of sp³-hybridized carbons (Fsp3) is 0.529. The van der Waals surface area contributed by atoms with Crippen molar-refractivity contribution in [2.24, 2.45) is 0 Å². The fourth-order valence-electron chi connectivity index (χ4n) is 1.57. The molecule has 96 valence electrons. The summed E-state index contributed by atoms with van der Waals surface area (Å²) in [5.74, 6) is 0. The minimum absolute atomic E-state index is 1.01. The predicted molar refractivity (Wildman–Crippen MR) is 80.2 cm³/mol. The minimum atomic E-state index is 1.01. The Morgan fingerprint density at radius 1 is 1.06 bits per heavy atom. The van der Waals surface area contributed by atoms with Crippen LogP contribution in [0, 0.1) is 0 Å². The molecule has 0 N–H and O–H groups in total. The van der Waals surface area contributed by atoms with Crippen molar-refractivity contribution < 1.29 is 0 Å². The molecule has 0 amide bonds. The van der Waals surface area contributed by atoms with E-state index in [1.54, 1.807) is 0 Å². The Morgan fingerprint density at radius 2 is 1.82 bits per heavy atom. The average molecular weight is 232 g/mol. The van der Waals surface area contributed by atoms with Gasteiger partial charge in [0.1, 0.15) is 0 Å². The molecule has 0 rings (SSSR count). The number of unbranched alkanes of at least 4 members (excludes halogenated alkanes) is 1. The third kappa shape index (κ3) is 9.86. The predicted octanol–water partition coefficient (Wildman–Crippen LogP) is 5.98. The summed E-state index contributed by atoms with van der Waals surface area (Å²) in [6.45, 7) is 10.7. The Morgan fingerprint density at radius 3 is 2.41 bits per heavy atom. The van der Waals surface area contributed by atoms with Crippen LogP contribution < -0.4 is 0 Å². The lowest BCUT2D eigenvalue weighted by Crippen LogP contribution is -1.77. The summed E-state index contributed by atoms with van der Waals surface area (Å²) in [5.41, 5.74) is 2.73. The van der Waals surface area contributed by atoms with E-state index in [1.165, 1.54) is 30.4 Å². The molecule has 0 heterocycles. The first-order valence-electron chi connectivity index (χ1n) is 6.93. The van der Waals surface area contributed by atoms with Crippen LogP contribution >= 0.6 is 0 Å². The highest BCUT2D eigenvalue weighted by atomic mass is 13.9. The lowest BCUT2D eigenvalue weighted by Gasteiger charge is -1.98. The summed E-state index contributed by atoms with van der Waals surface area (Å²) in [4.78, 5) is 0. The summed E-state index contributed by atoms with van der Waals surface area (Å²) < 4.78 is 0. The number of allylic oxidation sites excluding steroid dienone is 7. The number of hydrogen-bond acceptors (Lipinski definition) is 0. The lowest BCUT2D eigenvalue weighted by atomic mass is 10.1. The van der Waals surface area contributed by atoms with Crippen molar-refractivity contribution in [1.82, 2.24) is 0 Å². The van der Waals surface area contributed by atoms with E-state index in [0.717, 1.165) is 19.3 Å². The van der Waals surface area contributed by atoms with Crippen molar-refractivity contribution in [3.05, 3.63) is 48.1 Å². The van der Waals surface area contributed by atoms with Crippen LogP contribution in [0.4, 0.5) is 0 Å². The van der Waals surface area contributed by atoms with Gasteiger partial charge in [0.2, 0.25) is 0 Å². The Labute approximate surface area is 108 Å². The van der Waals surface area contributed by atoms with Gasteiger partial charge < -0.3 is 0 Å². The summed E-state index contributed by atoms with van der Waals surface area (Å²) >= 11 is 0. The lowest BCUT2D eigenvalue weighted by molar-refractivity contribution is 0.884. The van der Waals surface area contributed by atoms with Crippen LogP contribution in [0.25, 0.3) is 0 Å². The van der Waals surface area contributed by atoms with Crippen LogP contribution in [-0.4, -0.2) is 0 Å². The molecule has 0 bridgehead atoms. The zero-order valence-corrected chi connectivity index (χ0v) is 11.8. The fourth-order valence-corrected chi connectivity index (χ4v) is 1.57. The molecule has 0 fully saturated rings. The number of rotatable bonds is 9. The Bertz CT molecular complexity index is 276. The van der Waals surface area contributed by atoms with Crippen molar-refractivity contribution in [2.75, 3.05) is 0 Å². The standard InChI is InChI=1S/C17H28/c1-5-8-9-14-17(7-3)15-11-10-13-16(4)12-6-2/h9-11,14-15H,4-8,12-13H2,1-3H3. The first kappa shape index (κ1) is 16.0. The van der Waals surface area contributed by atoms with Gasteiger partial charge in [0.25, 0.3) is 0 Å². The Kier molecular flexibility index (Phi) is 10.7. The highest BCUT2D eigenvalue weighted by molar-refractivity contribution is 5.24. The van der Waals surface area contributed by atoms with Crippen molar-refractivity contribution >= 4 is 0 Å². The monoisotopic (exact) mass is 232 g/mol. The molecule has 0 saturated heterocycles. The van der Waals surface area contributed by atoms with E-state index in [9.17, 15) is 0 Å². The quantitative estimate of drug-likeness (QED) is 0.339. The molecule has 0 saturated carbocycles. The Hall–Kier alpha value is -1.04. The van der Waals surface area contributed by atoms with Crippen molar-refractivity contribution in [1.29, 1.82) is 0 Å².